The number of methoxy groups -OCH3 is 1. The van der Waals surface area contributed by atoms with Crippen LogP contribution in [0.2, 0.25) is 10.0 Å². The quantitative estimate of drug-likeness (QED) is 0.922. The summed E-state index contributed by atoms with van der Waals surface area (Å²) in [4.78, 5) is 0.909. The standard InChI is InChI=1S/C12H11Cl2NOS/c1-16-10-3-2-7(13)6-8(10)11(15)12-9(14)4-5-17-12/h2-6,11H,15H2,1H3. The number of nitrogens with two attached hydrogens (primary N) is 1. The molecule has 0 spiro atoms. The number of thiophene rings is 1. The lowest BCUT2D eigenvalue weighted by Gasteiger charge is -2.15. The minimum Gasteiger partial charge on any atom is -0.496 e. The molecule has 0 saturated carbocycles. The normalized spacial score (nSPS) is 12.5. The van der Waals surface area contributed by atoms with Gasteiger partial charge in [-0.05, 0) is 29.6 Å². The van der Waals surface area contributed by atoms with Crippen LogP contribution < -0.4 is 10.5 Å². The maximum Gasteiger partial charge on any atom is 0.124 e. The van der Waals surface area contributed by atoms with E-state index in [0.717, 1.165) is 10.4 Å². The molecule has 2 rings (SSSR count). The third-order valence-electron chi connectivity index (χ3n) is 2.45. The molecular weight excluding hydrogens is 277 g/mol. The first kappa shape index (κ1) is 12.7. The van der Waals surface area contributed by atoms with Gasteiger partial charge in [0.25, 0.3) is 0 Å². The number of rotatable bonds is 3. The van der Waals surface area contributed by atoms with E-state index in [-0.39, 0.29) is 6.04 Å². The average molecular weight is 288 g/mol. The summed E-state index contributed by atoms with van der Waals surface area (Å²) in [6.45, 7) is 0. The highest BCUT2D eigenvalue weighted by atomic mass is 35.5. The Balaban J connectivity index is 2.46. The lowest BCUT2D eigenvalue weighted by Crippen LogP contribution is -2.12. The van der Waals surface area contributed by atoms with E-state index in [1.54, 1.807) is 25.3 Å². The van der Waals surface area contributed by atoms with Gasteiger partial charge in [-0.15, -0.1) is 11.3 Å². The van der Waals surface area contributed by atoms with E-state index in [1.807, 2.05) is 11.4 Å². The number of benzene rings is 1. The molecule has 1 heterocycles. The van der Waals surface area contributed by atoms with E-state index < -0.39 is 0 Å². The summed E-state index contributed by atoms with van der Waals surface area (Å²) in [5, 5.41) is 3.21. The van der Waals surface area contributed by atoms with Crippen molar-refractivity contribution in [3.8, 4) is 5.75 Å². The van der Waals surface area contributed by atoms with Crippen molar-refractivity contribution >= 4 is 34.5 Å². The Kier molecular flexibility index (Phi) is 3.94. The summed E-state index contributed by atoms with van der Waals surface area (Å²) < 4.78 is 5.28. The van der Waals surface area contributed by atoms with Crippen LogP contribution in [0.4, 0.5) is 0 Å². The Labute approximate surface area is 114 Å². The molecule has 0 aliphatic heterocycles. The fraction of sp³-hybridized carbons (Fsp3) is 0.167. The number of ether oxygens (including phenoxy) is 1. The lowest BCUT2D eigenvalue weighted by atomic mass is 10.1. The Morgan fingerprint density at radius 3 is 2.65 bits per heavy atom. The molecule has 90 valence electrons. The molecule has 5 heteroatoms. The van der Waals surface area contributed by atoms with Crippen LogP contribution in [0.25, 0.3) is 0 Å². The van der Waals surface area contributed by atoms with Gasteiger partial charge in [-0.3, -0.25) is 0 Å². The van der Waals surface area contributed by atoms with E-state index in [1.165, 1.54) is 11.3 Å². The van der Waals surface area contributed by atoms with Crippen molar-refractivity contribution in [1.82, 2.24) is 0 Å². The fourth-order valence-corrected chi connectivity index (χ4v) is 2.99. The number of hydrogen-bond donors (Lipinski definition) is 1. The van der Waals surface area contributed by atoms with Crippen LogP contribution in [0.15, 0.2) is 29.6 Å². The molecule has 0 saturated heterocycles. The van der Waals surface area contributed by atoms with E-state index in [0.29, 0.717) is 15.8 Å². The Morgan fingerprint density at radius 1 is 1.29 bits per heavy atom. The van der Waals surface area contributed by atoms with Crippen molar-refractivity contribution < 1.29 is 4.74 Å². The molecule has 1 aromatic carbocycles. The molecular formula is C12H11Cl2NOS. The van der Waals surface area contributed by atoms with Crippen LogP contribution in [-0.2, 0) is 0 Å². The van der Waals surface area contributed by atoms with Gasteiger partial charge in [-0.2, -0.15) is 0 Å². The van der Waals surface area contributed by atoms with Crippen molar-refractivity contribution in [1.29, 1.82) is 0 Å². The molecule has 0 fully saturated rings. The predicted molar refractivity (Wildman–Crippen MR) is 73.4 cm³/mol. The van der Waals surface area contributed by atoms with E-state index in [2.05, 4.69) is 0 Å². The van der Waals surface area contributed by atoms with Gasteiger partial charge in [0.15, 0.2) is 0 Å². The number of halogens is 2. The largest absolute Gasteiger partial charge is 0.496 e. The third kappa shape index (κ3) is 2.58. The molecule has 2 N–H and O–H groups in total. The van der Waals surface area contributed by atoms with Gasteiger partial charge in [0, 0.05) is 15.5 Å². The number of hydrogen-bond acceptors (Lipinski definition) is 3. The zero-order valence-corrected chi connectivity index (χ0v) is 11.4. The van der Waals surface area contributed by atoms with Gasteiger partial charge in [0.2, 0.25) is 0 Å². The monoisotopic (exact) mass is 287 g/mol. The molecule has 0 radical (unpaired) electrons. The van der Waals surface area contributed by atoms with Crippen LogP contribution in [0.1, 0.15) is 16.5 Å². The minimum absolute atomic E-state index is 0.323. The first-order chi connectivity index (χ1) is 8.13. The zero-order valence-electron chi connectivity index (χ0n) is 9.11. The van der Waals surface area contributed by atoms with E-state index in [9.17, 15) is 0 Å². The Bertz CT molecular complexity index is 527. The van der Waals surface area contributed by atoms with Crippen LogP contribution in [-0.4, -0.2) is 7.11 Å². The summed E-state index contributed by atoms with van der Waals surface area (Å²) in [5.74, 6) is 0.714. The Morgan fingerprint density at radius 2 is 2.06 bits per heavy atom. The molecule has 0 bridgehead atoms. The first-order valence-electron chi connectivity index (χ1n) is 4.95. The zero-order chi connectivity index (χ0) is 12.4. The second-order valence-corrected chi connectivity index (χ2v) is 5.29. The van der Waals surface area contributed by atoms with Gasteiger partial charge in [0.1, 0.15) is 5.75 Å². The van der Waals surface area contributed by atoms with Crippen LogP contribution >= 0.6 is 34.5 Å². The van der Waals surface area contributed by atoms with Gasteiger partial charge < -0.3 is 10.5 Å². The van der Waals surface area contributed by atoms with Crippen LogP contribution in [0.5, 0.6) is 5.75 Å². The Hall–Kier alpha value is -0.740. The average Bonchev–Trinajstić information content (AvgIpc) is 2.74. The summed E-state index contributed by atoms with van der Waals surface area (Å²) in [6, 6.07) is 6.89. The van der Waals surface area contributed by atoms with Gasteiger partial charge in [-0.25, -0.2) is 0 Å². The van der Waals surface area contributed by atoms with E-state index >= 15 is 0 Å². The van der Waals surface area contributed by atoms with Crippen molar-refractivity contribution in [3.63, 3.8) is 0 Å². The maximum absolute atomic E-state index is 6.19. The topological polar surface area (TPSA) is 35.2 Å². The second kappa shape index (κ2) is 5.27. The van der Waals surface area contributed by atoms with Crippen LogP contribution in [0, 0.1) is 0 Å². The molecule has 2 nitrogen and oxygen atoms in total. The van der Waals surface area contributed by atoms with E-state index in [4.69, 9.17) is 33.7 Å². The second-order valence-electron chi connectivity index (χ2n) is 3.50. The van der Waals surface area contributed by atoms with Crippen molar-refractivity contribution in [3.05, 3.63) is 50.1 Å². The molecule has 1 aromatic heterocycles. The first-order valence-corrected chi connectivity index (χ1v) is 6.59. The summed E-state index contributed by atoms with van der Waals surface area (Å²) >= 11 is 13.6. The summed E-state index contributed by atoms with van der Waals surface area (Å²) in [5.41, 5.74) is 7.03. The highest BCUT2D eigenvalue weighted by Gasteiger charge is 2.18. The van der Waals surface area contributed by atoms with Gasteiger partial charge in [0.05, 0.1) is 18.2 Å². The molecule has 0 amide bonds. The van der Waals surface area contributed by atoms with Gasteiger partial charge >= 0.3 is 0 Å². The molecule has 2 aromatic rings. The smallest absolute Gasteiger partial charge is 0.124 e. The van der Waals surface area contributed by atoms with Crippen LogP contribution in [0.3, 0.4) is 0 Å². The lowest BCUT2D eigenvalue weighted by molar-refractivity contribution is 0.408. The highest BCUT2D eigenvalue weighted by molar-refractivity contribution is 7.10. The van der Waals surface area contributed by atoms with Gasteiger partial charge in [-0.1, -0.05) is 23.2 Å². The predicted octanol–water partition coefficient (Wildman–Crippen LogP) is 4.11. The van der Waals surface area contributed by atoms with Crippen molar-refractivity contribution in [2.75, 3.05) is 7.11 Å². The molecule has 0 aliphatic rings. The third-order valence-corrected chi connectivity index (χ3v) is 4.13. The minimum atomic E-state index is -0.323. The molecule has 1 atom stereocenters. The molecule has 0 aliphatic carbocycles. The van der Waals surface area contributed by atoms with Crippen molar-refractivity contribution in [2.45, 2.75) is 6.04 Å². The molecule has 17 heavy (non-hydrogen) atoms. The summed E-state index contributed by atoms with van der Waals surface area (Å²) in [7, 11) is 1.61. The van der Waals surface area contributed by atoms with Crippen molar-refractivity contribution in [2.24, 2.45) is 5.73 Å². The SMILES string of the molecule is COc1ccc(Cl)cc1C(N)c1sccc1Cl. The maximum atomic E-state index is 6.19. The highest BCUT2D eigenvalue weighted by Crippen LogP contribution is 2.36. The summed E-state index contributed by atoms with van der Waals surface area (Å²) in [6.07, 6.45) is 0. The molecule has 1 unspecified atom stereocenters. The fourth-order valence-electron chi connectivity index (χ4n) is 1.62.